The molecule has 2 bridgehead atoms. The van der Waals surface area contributed by atoms with E-state index >= 15 is 0 Å². The maximum absolute atomic E-state index is 13.2. The summed E-state index contributed by atoms with van der Waals surface area (Å²) >= 11 is 0. The minimum atomic E-state index is -0.725. The van der Waals surface area contributed by atoms with Crippen molar-refractivity contribution in [2.24, 2.45) is 17.8 Å². The van der Waals surface area contributed by atoms with E-state index in [4.69, 9.17) is 4.74 Å². The molecule has 0 fully saturated rings. The number of fused-ring (bicyclic) bond motifs is 13. The summed E-state index contributed by atoms with van der Waals surface area (Å²) < 4.78 is 5.78. The van der Waals surface area contributed by atoms with Crippen LogP contribution in [0.4, 0.5) is 0 Å². The summed E-state index contributed by atoms with van der Waals surface area (Å²) in [7, 11) is 1.54. The Kier molecular flexibility index (Phi) is 9.78. The molecule has 2 aliphatic rings. The zero-order chi connectivity index (χ0) is 22.8. The van der Waals surface area contributed by atoms with Gasteiger partial charge in [-0.25, -0.2) is 5.48 Å². The van der Waals surface area contributed by atoms with Crippen molar-refractivity contribution in [3.63, 3.8) is 0 Å². The predicted molar refractivity (Wildman–Crippen MR) is 116 cm³/mol. The van der Waals surface area contributed by atoms with E-state index in [1.54, 1.807) is 12.5 Å². The van der Waals surface area contributed by atoms with Crippen LogP contribution in [0.1, 0.15) is 51.5 Å². The van der Waals surface area contributed by atoms with Gasteiger partial charge in [-0.1, -0.05) is 26.0 Å². The summed E-state index contributed by atoms with van der Waals surface area (Å²) in [5, 5.41) is 14.8. The largest absolute Gasteiger partial charge is 0.494 e. The molecular weight excluding hydrogens is 398 g/mol. The first kappa shape index (κ1) is 24.7. The third-order valence-corrected chi connectivity index (χ3v) is 5.68. The summed E-state index contributed by atoms with van der Waals surface area (Å²) in [6.07, 6.45) is 3.35. The number of carbonyl (C=O) groups excluding carboxylic acids is 3. The number of likely N-dealkylation sites (N-methyl/N-ethyl adjacent to an activating group) is 1. The van der Waals surface area contributed by atoms with Gasteiger partial charge >= 0.3 is 0 Å². The number of rotatable bonds is 4. The molecule has 2 heterocycles. The zero-order valence-electron chi connectivity index (χ0n) is 18.6. The van der Waals surface area contributed by atoms with Crippen LogP contribution in [0.25, 0.3) is 0 Å². The number of aryl methyl sites for hydroxylation is 1. The maximum Gasteiger partial charge on any atom is 0.247 e. The average Bonchev–Trinajstić information content (AvgIpc) is 2.76. The fourth-order valence-electron chi connectivity index (χ4n) is 4.04. The summed E-state index contributed by atoms with van der Waals surface area (Å²) in [5.74, 6) is -1.68. The van der Waals surface area contributed by atoms with Gasteiger partial charge in [0, 0.05) is 13.0 Å². The van der Waals surface area contributed by atoms with Gasteiger partial charge in [-0.05, 0) is 62.1 Å². The molecule has 0 unspecified atom stereocenters. The van der Waals surface area contributed by atoms with E-state index in [9.17, 15) is 19.6 Å². The fraction of sp³-hybridized carbons (Fsp3) is 0.609. The normalized spacial score (nSPS) is 23.0. The lowest BCUT2D eigenvalue weighted by molar-refractivity contribution is -0.142. The third kappa shape index (κ3) is 7.54. The van der Waals surface area contributed by atoms with Crippen molar-refractivity contribution in [1.29, 1.82) is 0 Å². The second-order valence-corrected chi connectivity index (χ2v) is 8.52. The second kappa shape index (κ2) is 12.3. The third-order valence-electron chi connectivity index (χ3n) is 5.68. The number of ether oxygens (including phenoxy) is 1. The summed E-state index contributed by atoms with van der Waals surface area (Å²) in [4.78, 5) is 38.1. The van der Waals surface area contributed by atoms with Crippen LogP contribution in [-0.2, 0) is 20.8 Å². The van der Waals surface area contributed by atoms with E-state index in [0.717, 1.165) is 17.7 Å². The highest BCUT2D eigenvalue weighted by atomic mass is 16.5. The zero-order valence-corrected chi connectivity index (χ0v) is 18.6. The SMILES string of the molecule is CNC(=O)[C@@H]1CCCc2ccc(cc2)OCCC[C@H](C(=O)NO)[C@@H](CC(C)C)C(=O)N1. The highest BCUT2D eigenvalue weighted by molar-refractivity contribution is 5.91. The molecule has 8 nitrogen and oxygen atoms in total. The number of benzene rings is 1. The van der Waals surface area contributed by atoms with E-state index in [1.807, 2.05) is 38.1 Å². The summed E-state index contributed by atoms with van der Waals surface area (Å²) in [5.41, 5.74) is 2.85. The van der Waals surface area contributed by atoms with E-state index in [0.29, 0.717) is 38.7 Å². The molecule has 0 aliphatic carbocycles. The monoisotopic (exact) mass is 433 g/mol. The van der Waals surface area contributed by atoms with Crippen LogP contribution < -0.4 is 20.9 Å². The molecule has 0 spiro atoms. The van der Waals surface area contributed by atoms with Gasteiger partial charge in [-0.3, -0.25) is 19.6 Å². The fourth-order valence-corrected chi connectivity index (χ4v) is 4.04. The topological polar surface area (TPSA) is 117 Å². The number of hydrogen-bond acceptors (Lipinski definition) is 5. The number of amides is 3. The van der Waals surface area contributed by atoms with Gasteiger partial charge in [0.05, 0.1) is 12.5 Å². The van der Waals surface area contributed by atoms with Crippen molar-refractivity contribution in [3.8, 4) is 5.75 Å². The van der Waals surface area contributed by atoms with Crippen LogP contribution in [0.15, 0.2) is 24.3 Å². The second-order valence-electron chi connectivity index (χ2n) is 8.52. The van der Waals surface area contributed by atoms with Crippen LogP contribution >= 0.6 is 0 Å². The van der Waals surface area contributed by atoms with Crippen molar-refractivity contribution in [3.05, 3.63) is 29.8 Å². The van der Waals surface area contributed by atoms with Crippen LogP contribution in [-0.4, -0.2) is 42.6 Å². The highest BCUT2D eigenvalue weighted by Crippen LogP contribution is 2.26. The Morgan fingerprint density at radius 3 is 2.48 bits per heavy atom. The molecule has 3 atom stereocenters. The molecular formula is C23H35N3O5. The van der Waals surface area contributed by atoms with Crippen LogP contribution in [0, 0.1) is 17.8 Å². The predicted octanol–water partition coefficient (Wildman–Crippen LogP) is 2.20. The smallest absolute Gasteiger partial charge is 0.247 e. The van der Waals surface area contributed by atoms with Crippen LogP contribution in [0.2, 0.25) is 0 Å². The van der Waals surface area contributed by atoms with Gasteiger partial charge in [0.15, 0.2) is 0 Å². The van der Waals surface area contributed by atoms with E-state index < -0.39 is 23.8 Å². The van der Waals surface area contributed by atoms with Crippen molar-refractivity contribution >= 4 is 17.7 Å². The van der Waals surface area contributed by atoms with E-state index in [1.165, 1.54) is 0 Å². The molecule has 0 radical (unpaired) electrons. The molecule has 3 amide bonds. The van der Waals surface area contributed by atoms with Gasteiger partial charge < -0.3 is 15.4 Å². The standard InChI is InChI=1S/C23H35N3O5/c1-15(2)14-19-18(22(28)26-30)7-5-13-31-17-11-9-16(10-12-17)6-4-8-20(23(29)24-3)25-21(19)27/h9-12,15,18-20,30H,4-8,13-14H2,1-3H3,(H,24,29)(H,25,27)(H,26,28)/t18-,19+,20-/m0/s1. The molecule has 3 rings (SSSR count). The molecule has 172 valence electrons. The van der Waals surface area contributed by atoms with Crippen molar-refractivity contribution in [2.75, 3.05) is 13.7 Å². The Bertz CT molecular complexity index is 735. The van der Waals surface area contributed by atoms with Gasteiger partial charge in [-0.15, -0.1) is 0 Å². The summed E-state index contributed by atoms with van der Waals surface area (Å²) in [6, 6.07) is 7.14. The molecule has 0 saturated carbocycles. The van der Waals surface area contributed by atoms with Crippen LogP contribution in [0.5, 0.6) is 5.75 Å². The van der Waals surface area contributed by atoms with E-state index in [-0.39, 0.29) is 17.7 Å². The van der Waals surface area contributed by atoms with Gasteiger partial charge in [-0.2, -0.15) is 0 Å². The Labute approximate surface area is 184 Å². The van der Waals surface area contributed by atoms with Crippen molar-refractivity contribution in [1.82, 2.24) is 16.1 Å². The first-order valence-corrected chi connectivity index (χ1v) is 11.0. The minimum Gasteiger partial charge on any atom is -0.494 e. The molecule has 1 aromatic rings. The lowest BCUT2D eigenvalue weighted by Gasteiger charge is -2.28. The first-order chi connectivity index (χ1) is 14.8. The van der Waals surface area contributed by atoms with Crippen molar-refractivity contribution in [2.45, 2.75) is 58.4 Å². The Hall–Kier alpha value is -2.61. The molecule has 0 aromatic heterocycles. The van der Waals surface area contributed by atoms with Gasteiger partial charge in [0.1, 0.15) is 11.8 Å². The Morgan fingerprint density at radius 2 is 1.87 bits per heavy atom. The minimum absolute atomic E-state index is 0.156. The highest BCUT2D eigenvalue weighted by Gasteiger charge is 2.35. The molecule has 1 aromatic carbocycles. The number of nitrogens with one attached hydrogen (secondary N) is 3. The lowest BCUT2D eigenvalue weighted by atomic mass is 9.81. The Morgan fingerprint density at radius 1 is 1.16 bits per heavy atom. The lowest BCUT2D eigenvalue weighted by Crippen LogP contribution is -2.50. The number of hydrogen-bond donors (Lipinski definition) is 4. The van der Waals surface area contributed by atoms with E-state index in [2.05, 4.69) is 10.6 Å². The Balaban J connectivity index is 2.32. The number of hydroxylamine groups is 1. The average molecular weight is 434 g/mol. The molecule has 2 aliphatic heterocycles. The first-order valence-electron chi connectivity index (χ1n) is 11.0. The molecule has 31 heavy (non-hydrogen) atoms. The molecule has 0 saturated heterocycles. The molecule has 8 heteroatoms. The maximum atomic E-state index is 13.2. The van der Waals surface area contributed by atoms with Crippen LogP contribution in [0.3, 0.4) is 0 Å². The van der Waals surface area contributed by atoms with Gasteiger partial charge in [0.25, 0.3) is 0 Å². The quantitative estimate of drug-likeness (QED) is 0.429. The molecule has 4 N–H and O–H groups in total. The number of carbonyl (C=O) groups is 3. The summed E-state index contributed by atoms with van der Waals surface area (Å²) in [6.45, 7) is 4.34. The van der Waals surface area contributed by atoms with Gasteiger partial charge in [0.2, 0.25) is 17.7 Å². The van der Waals surface area contributed by atoms with Crippen molar-refractivity contribution < 1.29 is 24.3 Å².